The summed E-state index contributed by atoms with van der Waals surface area (Å²) < 4.78 is 5.46. The molecule has 1 heterocycles. The first-order valence-corrected chi connectivity index (χ1v) is 10.2. The zero-order chi connectivity index (χ0) is 20.7. The highest BCUT2D eigenvalue weighted by molar-refractivity contribution is 5.68. The van der Waals surface area contributed by atoms with E-state index in [4.69, 9.17) is 4.74 Å². The monoisotopic (exact) mass is 396 g/mol. The van der Waals surface area contributed by atoms with E-state index in [-0.39, 0.29) is 6.09 Å². The molecule has 1 amide bonds. The molecule has 0 radical (unpaired) electrons. The number of rotatable bonds is 6. The predicted octanol–water partition coefficient (Wildman–Crippen LogP) is 3.86. The highest BCUT2D eigenvalue weighted by Crippen LogP contribution is 2.14. The van der Waals surface area contributed by atoms with Crippen LogP contribution in [0.5, 0.6) is 0 Å². The lowest BCUT2D eigenvalue weighted by Crippen LogP contribution is -2.49. The molecule has 0 aliphatic carbocycles. The van der Waals surface area contributed by atoms with Gasteiger partial charge in [-0.2, -0.15) is 0 Å². The van der Waals surface area contributed by atoms with Gasteiger partial charge < -0.3 is 15.1 Å². The van der Waals surface area contributed by atoms with Gasteiger partial charge in [0.25, 0.3) is 0 Å². The summed E-state index contributed by atoms with van der Waals surface area (Å²) in [5, 5.41) is 0. The van der Waals surface area contributed by atoms with Gasteiger partial charge in [-0.1, -0.05) is 42.5 Å². The van der Waals surface area contributed by atoms with Crippen LogP contribution in [0.1, 0.15) is 31.9 Å². The number of nitrogens with zero attached hydrogens (tertiary/aromatic N) is 2. The van der Waals surface area contributed by atoms with Crippen molar-refractivity contribution in [3.63, 3.8) is 0 Å². The molecule has 156 valence electrons. The molecule has 6 heteroatoms. The van der Waals surface area contributed by atoms with Crippen LogP contribution in [0.2, 0.25) is 0 Å². The Bertz CT molecular complexity index is 764. The molecule has 0 aromatic heterocycles. The van der Waals surface area contributed by atoms with Gasteiger partial charge in [0.05, 0.1) is 0 Å². The van der Waals surface area contributed by atoms with E-state index in [9.17, 15) is 4.79 Å². The first-order chi connectivity index (χ1) is 13.9. The normalized spacial score (nSPS) is 15.2. The number of nitrogens with one attached hydrogen (secondary N) is 2. The fourth-order valence-electron chi connectivity index (χ4n) is 3.21. The second kappa shape index (κ2) is 9.76. The number of hydrogen-bond acceptors (Lipinski definition) is 5. The fourth-order valence-corrected chi connectivity index (χ4v) is 3.21. The van der Waals surface area contributed by atoms with E-state index < -0.39 is 5.60 Å². The third-order valence-corrected chi connectivity index (χ3v) is 4.75. The molecule has 1 saturated heterocycles. The Morgan fingerprint density at radius 2 is 1.55 bits per heavy atom. The molecule has 29 heavy (non-hydrogen) atoms. The molecule has 1 aliphatic heterocycles. The number of benzene rings is 2. The summed E-state index contributed by atoms with van der Waals surface area (Å²) in [6, 6.07) is 18.7. The number of carbonyl (C=O) groups is 1. The van der Waals surface area contributed by atoms with Crippen molar-refractivity contribution in [2.45, 2.75) is 39.5 Å². The summed E-state index contributed by atoms with van der Waals surface area (Å²) in [6.45, 7) is 10.5. The smallest absolute Gasteiger partial charge is 0.410 e. The molecule has 0 spiro atoms. The number of amides is 1. The van der Waals surface area contributed by atoms with Gasteiger partial charge in [-0.25, -0.2) is 10.2 Å². The van der Waals surface area contributed by atoms with Crippen LogP contribution in [0.3, 0.4) is 0 Å². The Kier molecular flexibility index (Phi) is 7.12. The van der Waals surface area contributed by atoms with E-state index in [1.165, 1.54) is 11.1 Å². The number of ether oxygens (including phenoxy) is 1. The Morgan fingerprint density at radius 1 is 0.931 bits per heavy atom. The number of carbonyl (C=O) groups excluding carboxylic acids is 1. The van der Waals surface area contributed by atoms with Gasteiger partial charge in [-0.15, -0.1) is 0 Å². The SMILES string of the molecule is CC(C)(C)OC(=O)N1CCN(Cc2ccc(CNNc3ccccc3)cc2)CC1. The predicted molar refractivity (Wildman–Crippen MR) is 116 cm³/mol. The van der Waals surface area contributed by atoms with Crippen molar-refractivity contribution in [2.24, 2.45) is 0 Å². The first-order valence-electron chi connectivity index (χ1n) is 10.2. The molecule has 0 saturated carbocycles. The summed E-state index contributed by atoms with van der Waals surface area (Å²) in [4.78, 5) is 16.3. The second-order valence-electron chi connectivity index (χ2n) is 8.40. The lowest BCUT2D eigenvalue weighted by Gasteiger charge is -2.35. The Morgan fingerprint density at radius 3 is 2.17 bits per heavy atom. The molecule has 2 N–H and O–H groups in total. The Balaban J connectivity index is 1.39. The summed E-state index contributed by atoms with van der Waals surface area (Å²) in [6.07, 6.45) is -0.210. The quantitative estimate of drug-likeness (QED) is 0.727. The van der Waals surface area contributed by atoms with Crippen LogP contribution in [0.15, 0.2) is 54.6 Å². The second-order valence-corrected chi connectivity index (χ2v) is 8.40. The molecular weight excluding hydrogens is 364 g/mol. The molecule has 2 aromatic carbocycles. The van der Waals surface area contributed by atoms with Gasteiger partial charge in [0, 0.05) is 45.0 Å². The van der Waals surface area contributed by atoms with Crippen LogP contribution in [0.4, 0.5) is 10.5 Å². The van der Waals surface area contributed by atoms with Crippen LogP contribution >= 0.6 is 0 Å². The minimum atomic E-state index is -0.443. The standard InChI is InChI=1S/C23H32N4O2/c1-23(2,3)29-22(28)27-15-13-26(14-16-27)18-20-11-9-19(10-12-20)17-24-25-21-7-5-4-6-8-21/h4-12,24-25H,13-18H2,1-3H3. The van der Waals surface area contributed by atoms with Crippen molar-refractivity contribution in [3.05, 3.63) is 65.7 Å². The summed E-state index contributed by atoms with van der Waals surface area (Å²) >= 11 is 0. The molecule has 0 bridgehead atoms. The van der Waals surface area contributed by atoms with Gasteiger partial charge in [-0.3, -0.25) is 4.90 Å². The summed E-state index contributed by atoms with van der Waals surface area (Å²) in [5.41, 5.74) is 9.56. The van der Waals surface area contributed by atoms with Crippen LogP contribution < -0.4 is 10.9 Å². The maximum absolute atomic E-state index is 12.2. The number of hydrazine groups is 1. The first kappa shape index (κ1) is 21.1. The van der Waals surface area contributed by atoms with E-state index in [1.54, 1.807) is 4.90 Å². The van der Waals surface area contributed by atoms with Gasteiger partial charge in [0.15, 0.2) is 0 Å². The molecule has 1 fully saturated rings. The molecule has 3 rings (SSSR count). The minimum absolute atomic E-state index is 0.210. The summed E-state index contributed by atoms with van der Waals surface area (Å²) in [5.74, 6) is 0. The Labute approximate surface area is 173 Å². The molecule has 6 nitrogen and oxygen atoms in total. The molecule has 0 atom stereocenters. The van der Waals surface area contributed by atoms with Crippen molar-refractivity contribution >= 4 is 11.8 Å². The Hall–Kier alpha value is -2.57. The third kappa shape index (κ3) is 7.07. The van der Waals surface area contributed by atoms with Gasteiger partial charge in [-0.05, 0) is 44.0 Å². The summed E-state index contributed by atoms with van der Waals surface area (Å²) in [7, 11) is 0. The maximum Gasteiger partial charge on any atom is 0.410 e. The topological polar surface area (TPSA) is 56.8 Å². The average molecular weight is 397 g/mol. The number of anilines is 1. The lowest BCUT2D eigenvalue weighted by molar-refractivity contribution is 0.0139. The molecule has 2 aromatic rings. The van der Waals surface area contributed by atoms with Crippen LogP contribution in [-0.4, -0.2) is 47.7 Å². The zero-order valence-corrected chi connectivity index (χ0v) is 17.6. The molecule has 0 unspecified atom stereocenters. The molecule has 1 aliphatic rings. The van der Waals surface area contributed by atoms with E-state index in [0.717, 1.165) is 31.9 Å². The van der Waals surface area contributed by atoms with Gasteiger partial charge >= 0.3 is 6.09 Å². The highest BCUT2D eigenvalue weighted by atomic mass is 16.6. The van der Waals surface area contributed by atoms with Gasteiger partial charge in [0.2, 0.25) is 0 Å². The minimum Gasteiger partial charge on any atom is -0.444 e. The van der Waals surface area contributed by atoms with E-state index >= 15 is 0 Å². The highest BCUT2D eigenvalue weighted by Gasteiger charge is 2.25. The van der Waals surface area contributed by atoms with Gasteiger partial charge in [0.1, 0.15) is 5.60 Å². The number of hydrogen-bond donors (Lipinski definition) is 2. The largest absolute Gasteiger partial charge is 0.444 e. The van der Waals surface area contributed by atoms with Crippen molar-refractivity contribution in [1.29, 1.82) is 0 Å². The lowest BCUT2D eigenvalue weighted by atomic mass is 10.1. The average Bonchev–Trinajstić information content (AvgIpc) is 2.69. The van der Waals surface area contributed by atoms with Crippen molar-refractivity contribution in [3.8, 4) is 0 Å². The van der Waals surface area contributed by atoms with Crippen LogP contribution in [0.25, 0.3) is 0 Å². The van der Waals surface area contributed by atoms with Crippen LogP contribution in [-0.2, 0) is 17.8 Å². The third-order valence-electron chi connectivity index (χ3n) is 4.75. The van der Waals surface area contributed by atoms with Crippen LogP contribution in [0, 0.1) is 0 Å². The zero-order valence-electron chi connectivity index (χ0n) is 17.6. The van der Waals surface area contributed by atoms with E-state index in [2.05, 4.69) is 40.0 Å². The fraction of sp³-hybridized carbons (Fsp3) is 0.435. The van der Waals surface area contributed by atoms with Crippen molar-refractivity contribution in [1.82, 2.24) is 15.2 Å². The van der Waals surface area contributed by atoms with E-state index in [0.29, 0.717) is 13.1 Å². The van der Waals surface area contributed by atoms with Crippen molar-refractivity contribution in [2.75, 3.05) is 31.6 Å². The number of para-hydroxylation sites is 1. The van der Waals surface area contributed by atoms with Crippen molar-refractivity contribution < 1.29 is 9.53 Å². The molecular formula is C23H32N4O2. The van der Waals surface area contributed by atoms with E-state index in [1.807, 2.05) is 51.1 Å². The number of piperazine rings is 1. The maximum atomic E-state index is 12.2.